The van der Waals surface area contributed by atoms with Crippen molar-refractivity contribution in [2.24, 2.45) is 5.92 Å². The van der Waals surface area contributed by atoms with Crippen LogP contribution in [0.1, 0.15) is 24.2 Å². The van der Waals surface area contributed by atoms with Crippen molar-refractivity contribution in [3.8, 4) is 0 Å². The van der Waals surface area contributed by atoms with Crippen molar-refractivity contribution in [1.82, 2.24) is 5.32 Å². The van der Waals surface area contributed by atoms with Crippen LogP contribution in [0.3, 0.4) is 0 Å². The van der Waals surface area contributed by atoms with Gasteiger partial charge in [0.15, 0.2) is 6.61 Å². The van der Waals surface area contributed by atoms with Crippen molar-refractivity contribution in [3.63, 3.8) is 0 Å². The molecule has 0 aliphatic heterocycles. The number of carbonyl (C=O) groups is 3. The number of nitrogens with one attached hydrogen (secondary N) is 2. The molecule has 2 aromatic rings. The molecule has 2 aromatic carbocycles. The van der Waals surface area contributed by atoms with Gasteiger partial charge in [0.25, 0.3) is 17.5 Å². The van der Waals surface area contributed by atoms with Crippen molar-refractivity contribution in [3.05, 3.63) is 70.0 Å². The molecule has 0 radical (unpaired) electrons. The maximum atomic E-state index is 13.8. The Hall–Kier alpha value is -3.82. The molecular formula is C20H20FN3O6. The van der Waals surface area contributed by atoms with Gasteiger partial charge in [-0.15, -0.1) is 0 Å². The molecule has 0 aliphatic rings. The van der Waals surface area contributed by atoms with Crippen LogP contribution >= 0.6 is 0 Å². The molecule has 9 nitrogen and oxygen atoms in total. The van der Waals surface area contributed by atoms with Gasteiger partial charge in [-0.05, 0) is 24.1 Å². The maximum absolute atomic E-state index is 13.8. The Bertz CT molecular complexity index is 963. The molecule has 0 fully saturated rings. The van der Waals surface area contributed by atoms with Crippen molar-refractivity contribution in [1.29, 1.82) is 0 Å². The van der Waals surface area contributed by atoms with Gasteiger partial charge in [0.2, 0.25) is 0 Å². The van der Waals surface area contributed by atoms with Gasteiger partial charge in [0.05, 0.1) is 10.5 Å². The molecule has 0 aliphatic carbocycles. The van der Waals surface area contributed by atoms with Gasteiger partial charge in [-0.1, -0.05) is 32.0 Å². The van der Waals surface area contributed by atoms with Gasteiger partial charge in [-0.25, -0.2) is 9.18 Å². The summed E-state index contributed by atoms with van der Waals surface area (Å²) in [5.74, 6) is -3.50. The summed E-state index contributed by atoms with van der Waals surface area (Å²) < 4.78 is 18.7. The van der Waals surface area contributed by atoms with E-state index in [4.69, 9.17) is 4.74 Å². The third-order valence-electron chi connectivity index (χ3n) is 4.01. The standard InChI is InChI=1S/C20H20FN3O6/c1-12(2)18(23-19(26)15-8-3-4-9-16(15)21)20(27)30-11-17(25)22-13-6-5-7-14(10-13)24(28)29/h3-10,12,18H,11H2,1-2H3,(H,22,25)(H,23,26)/t18-/m0/s1. The number of hydrogen-bond acceptors (Lipinski definition) is 6. The van der Waals surface area contributed by atoms with E-state index in [-0.39, 0.29) is 16.9 Å². The molecule has 30 heavy (non-hydrogen) atoms. The van der Waals surface area contributed by atoms with E-state index in [9.17, 15) is 28.9 Å². The van der Waals surface area contributed by atoms with Gasteiger partial charge in [0.1, 0.15) is 11.9 Å². The number of anilines is 1. The third-order valence-corrected chi connectivity index (χ3v) is 4.01. The number of ether oxygens (including phenoxy) is 1. The zero-order chi connectivity index (χ0) is 22.3. The molecular weight excluding hydrogens is 397 g/mol. The smallest absolute Gasteiger partial charge is 0.329 e. The number of benzene rings is 2. The quantitative estimate of drug-likeness (QED) is 0.386. The second-order valence-electron chi connectivity index (χ2n) is 6.64. The topological polar surface area (TPSA) is 128 Å². The fraction of sp³-hybridized carbons (Fsp3) is 0.250. The molecule has 0 heterocycles. The molecule has 0 saturated heterocycles. The molecule has 0 spiro atoms. The molecule has 2 amide bonds. The molecule has 2 N–H and O–H groups in total. The van der Waals surface area contributed by atoms with Crippen molar-refractivity contribution in [2.75, 3.05) is 11.9 Å². The van der Waals surface area contributed by atoms with E-state index in [1.807, 2.05) is 0 Å². The van der Waals surface area contributed by atoms with E-state index in [0.717, 1.165) is 12.1 Å². The van der Waals surface area contributed by atoms with E-state index < -0.39 is 47.1 Å². The van der Waals surface area contributed by atoms with Gasteiger partial charge in [0, 0.05) is 17.8 Å². The third kappa shape index (κ3) is 6.09. The molecule has 10 heteroatoms. The number of nitro benzene ring substituents is 1. The Morgan fingerprint density at radius 2 is 1.83 bits per heavy atom. The lowest BCUT2D eigenvalue weighted by molar-refractivity contribution is -0.384. The Morgan fingerprint density at radius 3 is 2.47 bits per heavy atom. The minimum absolute atomic E-state index is 0.165. The lowest BCUT2D eigenvalue weighted by Crippen LogP contribution is -2.46. The maximum Gasteiger partial charge on any atom is 0.329 e. The van der Waals surface area contributed by atoms with E-state index in [1.165, 1.54) is 36.4 Å². The minimum atomic E-state index is -1.11. The number of amides is 2. The lowest BCUT2D eigenvalue weighted by atomic mass is 10.0. The summed E-state index contributed by atoms with van der Waals surface area (Å²) in [4.78, 5) is 46.7. The summed E-state index contributed by atoms with van der Waals surface area (Å²) in [6.45, 7) is 2.63. The summed E-state index contributed by atoms with van der Waals surface area (Å²) in [5.41, 5.74) is -0.265. The van der Waals surface area contributed by atoms with Crippen LogP contribution in [-0.2, 0) is 14.3 Å². The number of carbonyl (C=O) groups excluding carboxylic acids is 3. The Kier molecular flexibility index (Phi) is 7.56. The zero-order valence-corrected chi connectivity index (χ0v) is 16.3. The second kappa shape index (κ2) is 10.1. The summed E-state index contributed by atoms with van der Waals surface area (Å²) in [6.07, 6.45) is 0. The average molecular weight is 417 g/mol. The first-order valence-electron chi connectivity index (χ1n) is 8.95. The Morgan fingerprint density at radius 1 is 1.13 bits per heavy atom. The van der Waals surface area contributed by atoms with E-state index >= 15 is 0 Å². The van der Waals surface area contributed by atoms with Gasteiger partial charge in [-0.2, -0.15) is 0 Å². The first-order valence-corrected chi connectivity index (χ1v) is 8.95. The number of nitrogens with zero attached hydrogens (tertiary/aromatic N) is 1. The number of non-ortho nitro benzene ring substituents is 1. The normalized spacial score (nSPS) is 11.5. The summed E-state index contributed by atoms with van der Waals surface area (Å²) in [7, 11) is 0. The Labute approximate surface area is 171 Å². The number of nitro groups is 1. The second-order valence-corrected chi connectivity index (χ2v) is 6.64. The van der Waals surface area contributed by atoms with Crippen LogP contribution in [0.25, 0.3) is 0 Å². The van der Waals surface area contributed by atoms with Gasteiger partial charge < -0.3 is 15.4 Å². The largest absolute Gasteiger partial charge is 0.454 e. The summed E-state index contributed by atoms with van der Waals surface area (Å²) in [6, 6.07) is 9.47. The van der Waals surface area contributed by atoms with Crippen LogP contribution in [0.15, 0.2) is 48.5 Å². The minimum Gasteiger partial charge on any atom is -0.454 e. The van der Waals surface area contributed by atoms with Crippen LogP contribution in [0.5, 0.6) is 0 Å². The molecule has 1 atom stereocenters. The fourth-order valence-corrected chi connectivity index (χ4v) is 2.48. The average Bonchev–Trinajstić information content (AvgIpc) is 2.70. The number of rotatable bonds is 8. The van der Waals surface area contributed by atoms with E-state index in [0.29, 0.717) is 0 Å². The summed E-state index contributed by atoms with van der Waals surface area (Å²) in [5, 5.41) is 15.6. The number of hydrogen-bond donors (Lipinski definition) is 2. The molecule has 2 rings (SSSR count). The van der Waals surface area contributed by atoms with Crippen molar-refractivity contribution >= 4 is 29.2 Å². The van der Waals surface area contributed by atoms with Crippen molar-refractivity contribution in [2.45, 2.75) is 19.9 Å². The van der Waals surface area contributed by atoms with Gasteiger partial charge in [-0.3, -0.25) is 19.7 Å². The summed E-state index contributed by atoms with van der Waals surface area (Å²) >= 11 is 0. The van der Waals surface area contributed by atoms with Crippen LogP contribution in [-0.4, -0.2) is 35.4 Å². The Balaban J connectivity index is 1.96. The fourth-order valence-electron chi connectivity index (χ4n) is 2.48. The van der Waals surface area contributed by atoms with Crippen LogP contribution in [0.2, 0.25) is 0 Å². The number of esters is 1. The van der Waals surface area contributed by atoms with E-state index in [2.05, 4.69) is 10.6 Å². The highest BCUT2D eigenvalue weighted by molar-refractivity contribution is 5.97. The van der Waals surface area contributed by atoms with Crippen LogP contribution < -0.4 is 10.6 Å². The highest BCUT2D eigenvalue weighted by Gasteiger charge is 2.27. The molecule has 0 unspecified atom stereocenters. The highest BCUT2D eigenvalue weighted by atomic mass is 19.1. The molecule has 0 saturated carbocycles. The molecule has 0 aromatic heterocycles. The first kappa shape index (κ1) is 22.5. The predicted molar refractivity (Wildman–Crippen MR) is 105 cm³/mol. The first-order chi connectivity index (χ1) is 14.2. The molecule has 0 bridgehead atoms. The zero-order valence-electron chi connectivity index (χ0n) is 16.3. The molecule has 158 valence electrons. The van der Waals surface area contributed by atoms with Crippen LogP contribution in [0.4, 0.5) is 15.8 Å². The highest BCUT2D eigenvalue weighted by Crippen LogP contribution is 2.17. The predicted octanol–water partition coefficient (Wildman–Crippen LogP) is 2.67. The van der Waals surface area contributed by atoms with Crippen molar-refractivity contribution < 1.29 is 28.4 Å². The lowest BCUT2D eigenvalue weighted by Gasteiger charge is -2.21. The monoisotopic (exact) mass is 417 g/mol. The SMILES string of the molecule is CC(C)[C@H](NC(=O)c1ccccc1F)C(=O)OCC(=O)Nc1cccc([N+](=O)[O-])c1. The number of halogens is 1. The van der Waals surface area contributed by atoms with Crippen LogP contribution in [0, 0.1) is 21.8 Å². The van der Waals surface area contributed by atoms with E-state index in [1.54, 1.807) is 13.8 Å². The van der Waals surface area contributed by atoms with Gasteiger partial charge >= 0.3 is 5.97 Å².